The molecule has 0 aliphatic heterocycles. The minimum Gasteiger partial charge on any atom is -0.282 e. The number of benzene rings is 1. The Kier molecular flexibility index (Phi) is 4.10. The third-order valence-electron chi connectivity index (χ3n) is 1.90. The predicted octanol–water partition coefficient (Wildman–Crippen LogP) is -1.07. The third-order valence-corrected chi connectivity index (χ3v) is 5.64. The lowest BCUT2D eigenvalue weighted by Gasteiger charge is -2.10. The van der Waals surface area contributed by atoms with E-state index < -0.39 is 50.3 Å². The monoisotopic (exact) mass is 350 g/mol. The van der Waals surface area contributed by atoms with Crippen LogP contribution in [0.5, 0.6) is 0 Å². The van der Waals surface area contributed by atoms with Crippen LogP contribution in [0.2, 0.25) is 0 Å². The van der Waals surface area contributed by atoms with Crippen molar-refractivity contribution in [3.8, 4) is 0 Å². The van der Waals surface area contributed by atoms with E-state index in [4.69, 9.17) is 13.7 Å². The van der Waals surface area contributed by atoms with Gasteiger partial charge in [0.25, 0.3) is 30.4 Å². The van der Waals surface area contributed by atoms with E-state index in [-0.39, 0.29) is 0 Å². The molecular formula is C6H7O9PS3. The molecule has 0 aromatic heterocycles. The fourth-order valence-corrected chi connectivity index (χ4v) is 5.35. The molecule has 0 heterocycles. The molecule has 3 N–H and O–H groups in total. The highest BCUT2D eigenvalue weighted by molar-refractivity contribution is 7.90. The Labute approximate surface area is 111 Å². The summed E-state index contributed by atoms with van der Waals surface area (Å²) in [6.45, 7) is 0. The molecule has 1 aromatic carbocycles. The van der Waals surface area contributed by atoms with Gasteiger partial charge in [0.15, 0.2) is 0 Å². The molecule has 0 radical (unpaired) electrons. The van der Waals surface area contributed by atoms with Crippen LogP contribution in [0.15, 0.2) is 26.8 Å². The Morgan fingerprint density at radius 2 is 1.16 bits per heavy atom. The predicted molar refractivity (Wildman–Crippen MR) is 65.2 cm³/mol. The summed E-state index contributed by atoms with van der Waals surface area (Å²) in [6.07, 6.45) is 0. The highest BCUT2D eigenvalue weighted by Crippen LogP contribution is 2.27. The van der Waals surface area contributed by atoms with Gasteiger partial charge in [-0.3, -0.25) is 13.7 Å². The highest BCUT2D eigenvalue weighted by atomic mass is 32.2. The van der Waals surface area contributed by atoms with Crippen LogP contribution in [0.1, 0.15) is 0 Å². The van der Waals surface area contributed by atoms with E-state index in [9.17, 15) is 25.3 Å². The van der Waals surface area contributed by atoms with E-state index >= 15 is 0 Å². The van der Waals surface area contributed by atoms with Gasteiger partial charge < -0.3 is 0 Å². The van der Waals surface area contributed by atoms with Crippen LogP contribution in [0.3, 0.4) is 0 Å². The Hall–Kier alpha value is -0.620. The Bertz CT molecular complexity index is 834. The SMILES string of the molecule is O=S(=O)(O)c1ccc(P)c(S(=O)(=O)O)c1S(=O)(=O)O. The zero-order valence-electron chi connectivity index (χ0n) is 8.75. The molecule has 0 aliphatic carbocycles. The van der Waals surface area contributed by atoms with Gasteiger partial charge in [-0.15, -0.1) is 9.24 Å². The summed E-state index contributed by atoms with van der Waals surface area (Å²) >= 11 is 0. The molecule has 1 atom stereocenters. The first-order valence-corrected chi connectivity index (χ1v) is 9.01. The minimum absolute atomic E-state index is 0.414. The molecular weight excluding hydrogens is 343 g/mol. The summed E-state index contributed by atoms with van der Waals surface area (Å²) in [5.74, 6) is 0. The first kappa shape index (κ1) is 16.4. The molecule has 0 fully saturated rings. The van der Waals surface area contributed by atoms with Gasteiger partial charge in [-0.1, -0.05) is 6.07 Å². The topological polar surface area (TPSA) is 163 Å². The lowest BCUT2D eigenvalue weighted by atomic mass is 10.3. The van der Waals surface area contributed by atoms with Gasteiger partial charge in [-0.05, 0) is 11.4 Å². The van der Waals surface area contributed by atoms with E-state index in [1.807, 2.05) is 0 Å². The zero-order valence-corrected chi connectivity index (χ0v) is 12.4. The van der Waals surface area contributed by atoms with E-state index in [1.54, 1.807) is 9.24 Å². The van der Waals surface area contributed by atoms with E-state index in [2.05, 4.69) is 0 Å². The van der Waals surface area contributed by atoms with Crippen molar-refractivity contribution in [1.82, 2.24) is 0 Å². The maximum atomic E-state index is 11.1. The average Bonchev–Trinajstić information content (AvgIpc) is 2.11. The summed E-state index contributed by atoms with van der Waals surface area (Å²) in [5, 5.41) is -0.414. The molecule has 0 amide bonds. The van der Waals surface area contributed by atoms with Crippen LogP contribution in [0, 0.1) is 0 Å². The van der Waals surface area contributed by atoms with Crippen molar-refractivity contribution in [3.63, 3.8) is 0 Å². The second-order valence-corrected chi connectivity index (χ2v) is 7.97. The molecule has 0 saturated heterocycles. The van der Waals surface area contributed by atoms with E-state index in [0.717, 1.165) is 6.07 Å². The molecule has 9 nitrogen and oxygen atoms in total. The standard InChI is InChI=1S/C6H7O9PS3/c7-17(8,9)4-2-1-3(16)5(18(10,11)12)6(4)19(13,14)15/h1-2H,16H2,(H,7,8,9)(H,10,11,12)(H,13,14,15). The lowest BCUT2D eigenvalue weighted by molar-refractivity contribution is 0.456. The van der Waals surface area contributed by atoms with Gasteiger partial charge in [0, 0.05) is 0 Å². The first-order chi connectivity index (χ1) is 8.26. The van der Waals surface area contributed by atoms with E-state index in [0.29, 0.717) is 6.07 Å². The van der Waals surface area contributed by atoms with Gasteiger partial charge >= 0.3 is 0 Å². The highest BCUT2D eigenvalue weighted by Gasteiger charge is 2.33. The maximum Gasteiger partial charge on any atom is 0.297 e. The van der Waals surface area contributed by atoms with Crippen LogP contribution in [-0.4, -0.2) is 38.9 Å². The van der Waals surface area contributed by atoms with Crippen molar-refractivity contribution in [2.24, 2.45) is 0 Å². The van der Waals surface area contributed by atoms with Crippen LogP contribution < -0.4 is 5.30 Å². The molecule has 108 valence electrons. The third kappa shape index (κ3) is 3.48. The van der Waals surface area contributed by atoms with Gasteiger partial charge in [-0.25, -0.2) is 0 Å². The minimum atomic E-state index is -5.34. The largest absolute Gasteiger partial charge is 0.297 e. The Balaban J connectivity index is 4.18. The molecule has 1 rings (SSSR count). The van der Waals surface area contributed by atoms with Crippen molar-refractivity contribution in [1.29, 1.82) is 0 Å². The van der Waals surface area contributed by atoms with Gasteiger partial charge in [0.1, 0.15) is 14.7 Å². The molecule has 1 aromatic rings. The number of hydrogen-bond acceptors (Lipinski definition) is 6. The molecule has 0 aliphatic rings. The summed E-state index contributed by atoms with van der Waals surface area (Å²) in [6, 6.07) is 1.38. The number of hydrogen-bond donors (Lipinski definition) is 3. The quantitative estimate of drug-likeness (QED) is 0.455. The summed E-state index contributed by atoms with van der Waals surface area (Å²) in [4.78, 5) is -4.34. The fourth-order valence-electron chi connectivity index (χ4n) is 1.27. The van der Waals surface area contributed by atoms with Crippen LogP contribution in [0.4, 0.5) is 0 Å². The summed E-state index contributed by atoms with van der Waals surface area (Å²) < 4.78 is 93.0. The molecule has 0 saturated carbocycles. The normalized spacial score (nSPS) is 13.5. The van der Waals surface area contributed by atoms with Gasteiger partial charge in [-0.2, -0.15) is 25.3 Å². The van der Waals surface area contributed by atoms with Crippen LogP contribution >= 0.6 is 9.24 Å². The zero-order chi connectivity index (χ0) is 15.2. The lowest BCUT2D eigenvalue weighted by Crippen LogP contribution is -2.19. The maximum absolute atomic E-state index is 11.1. The van der Waals surface area contributed by atoms with Crippen LogP contribution in [-0.2, 0) is 30.4 Å². The number of rotatable bonds is 3. The van der Waals surface area contributed by atoms with Gasteiger partial charge in [0.2, 0.25) is 0 Å². The summed E-state index contributed by atoms with van der Waals surface area (Å²) in [5.41, 5.74) is 0. The van der Waals surface area contributed by atoms with Crippen molar-refractivity contribution >= 4 is 44.9 Å². The Morgan fingerprint density at radius 3 is 1.47 bits per heavy atom. The van der Waals surface area contributed by atoms with Crippen molar-refractivity contribution in [2.45, 2.75) is 14.7 Å². The average molecular weight is 350 g/mol. The molecule has 0 bridgehead atoms. The molecule has 1 unspecified atom stereocenters. The fraction of sp³-hybridized carbons (Fsp3) is 0. The van der Waals surface area contributed by atoms with Crippen LogP contribution in [0.25, 0.3) is 0 Å². The van der Waals surface area contributed by atoms with Crippen molar-refractivity contribution < 1.29 is 38.9 Å². The first-order valence-electron chi connectivity index (χ1n) is 4.11. The van der Waals surface area contributed by atoms with E-state index in [1.165, 1.54) is 0 Å². The Morgan fingerprint density at radius 1 is 0.737 bits per heavy atom. The summed E-state index contributed by atoms with van der Waals surface area (Å²) in [7, 11) is -13.9. The molecule has 0 spiro atoms. The van der Waals surface area contributed by atoms with Gasteiger partial charge in [0.05, 0.1) is 0 Å². The molecule has 13 heteroatoms. The molecule has 19 heavy (non-hydrogen) atoms. The second-order valence-electron chi connectivity index (χ2n) is 3.24. The second kappa shape index (κ2) is 4.74. The smallest absolute Gasteiger partial charge is 0.282 e. The van der Waals surface area contributed by atoms with Crippen molar-refractivity contribution in [2.75, 3.05) is 0 Å². The van der Waals surface area contributed by atoms with Crippen molar-refractivity contribution in [3.05, 3.63) is 12.1 Å².